The van der Waals surface area contributed by atoms with E-state index in [4.69, 9.17) is 22.1 Å². The van der Waals surface area contributed by atoms with Gasteiger partial charge in [-0.2, -0.15) is 9.97 Å². The Kier molecular flexibility index (Phi) is 5.67. The van der Waals surface area contributed by atoms with Gasteiger partial charge in [0.1, 0.15) is 17.2 Å². The maximum Gasteiger partial charge on any atom is 0.319 e. The zero-order valence-electron chi connectivity index (χ0n) is 18.0. The van der Waals surface area contributed by atoms with Gasteiger partial charge in [0.15, 0.2) is 10.9 Å². The zero-order chi connectivity index (χ0) is 23.3. The van der Waals surface area contributed by atoms with Gasteiger partial charge in [-0.1, -0.05) is 22.9 Å². The highest BCUT2D eigenvalue weighted by Gasteiger charge is 2.26. The van der Waals surface area contributed by atoms with Crippen molar-refractivity contribution in [3.05, 3.63) is 34.9 Å². The Morgan fingerprint density at radius 2 is 2.09 bits per heavy atom. The molecule has 1 fully saturated rings. The van der Waals surface area contributed by atoms with Gasteiger partial charge in [-0.15, -0.1) is 0 Å². The van der Waals surface area contributed by atoms with Crippen LogP contribution in [-0.4, -0.2) is 47.2 Å². The molecule has 3 N–H and O–H groups in total. The number of nitrogens with two attached hydrogens (primary N) is 1. The molecule has 0 aliphatic carbocycles. The smallest absolute Gasteiger partial charge is 0.319 e. The Labute approximate surface area is 197 Å². The van der Waals surface area contributed by atoms with Crippen LogP contribution in [0.5, 0.6) is 6.01 Å². The molecule has 0 unspecified atom stereocenters. The van der Waals surface area contributed by atoms with Gasteiger partial charge in [0.25, 0.3) is 0 Å². The number of ether oxygens (including phenoxy) is 1. The fourth-order valence-electron chi connectivity index (χ4n) is 4.16. The third-order valence-electron chi connectivity index (χ3n) is 5.57. The van der Waals surface area contributed by atoms with E-state index in [1.165, 1.54) is 12.1 Å². The minimum Gasteiger partial charge on any atom is -0.464 e. The molecule has 33 heavy (non-hydrogen) atoms. The van der Waals surface area contributed by atoms with Crippen molar-refractivity contribution < 1.29 is 13.5 Å². The van der Waals surface area contributed by atoms with Crippen molar-refractivity contribution in [1.29, 1.82) is 0 Å². The predicted molar refractivity (Wildman–Crippen MR) is 128 cm³/mol. The van der Waals surface area contributed by atoms with Crippen molar-refractivity contribution in [2.45, 2.75) is 19.9 Å². The molecule has 1 aliphatic rings. The molecule has 11 heteroatoms. The van der Waals surface area contributed by atoms with Gasteiger partial charge in [0.05, 0.1) is 21.8 Å². The summed E-state index contributed by atoms with van der Waals surface area (Å²) in [7, 11) is 0. The summed E-state index contributed by atoms with van der Waals surface area (Å²) >= 11 is 7.62. The molecule has 1 aliphatic heterocycles. The normalized spacial score (nSPS) is 16.6. The van der Waals surface area contributed by atoms with E-state index in [-0.39, 0.29) is 43.5 Å². The monoisotopic (exact) mass is 490 g/mol. The van der Waals surface area contributed by atoms with Crippen molar-refractivity contribution in [1.82, 2.24) is 20.3 Å². The van der Waals surface area contributed by atoms with E-state index in [9.17, 15) is 4.39 Å². The molecule has 5 rings (SSSR count). The molecule has 172 valence electrons. The maximum absolute atomic E-state index is 16.1. The number of benzene rings is 2. The van der Waals surface area contributed by atoms with Crippen LogP contribution in [0.15, 0.2) is 18.2 Å². The number of hydrogen-bond acceptors (Lipinski definition) is 8. The van der Waals surface area contributed by atoms with Crippen LogP contribution in [-0.2, 0) is 0 Å². The number of nitrogens with zero attached hydrogens (tertiary/aromatic N) is 4. The maximum atomic E-state index is 16.1. The number of nitrogens with one attached hydrogen (secondary N) is 1. The minimum atomic E-state index is -0.648. The molecule has 0 saturated carbocycles. The van der Waals surface area contributed by atoms with Crippen LogP contribution in [0, 0.1) is 11.6 Å². The van der Waals surface area contributed by atoms with Crippen molar-refractivity contribution >= 4 is 55.0 Å². The fourth-order valence-corrected chi connectivity index (χ4v) is 5.22. The number of anilines is 2. The van der Waals surface area contributed by atoms with E-state index in [2.05, 4.69) is 32.1 Å². The number of thiazole rings is 1. The highest BCUT2D eigenvalue weighted by atomic mass is 35.5. The summed E-state index contributed by atoms with van der Waals surface area (Å²) in [6.45, 7) is 6.37. The molecule has 1 saturated heterocycles. The van der Waals surface area contributed by atoms with Crippen LogP contribution < -0.4 is 20.7 Å². The first-order chi connectivity index (χ1) is 15.9. The highest BCUT2D eigenvalue weighted by molar-refractivity contribution is 7.22. The summed E-state index contributed by atoms with van der Waals surface area (Å²) in [4.78, 5) is 15.2. The first-order valence-electron chi connectivity index (χ1n) is 10.5. The van der Waals surface area contributed by atoms with Crippen LogP contribution in [0.3, 0.4) is 0 Å². The quantitative estimate of drug-likeness (QED) is 0.431. The first-order valence-corrected chi connectivity index (χ1v) is 11.7. The van der Waals surface area contributed by atoms with Crippen LogP contribution in [0.1, 0.15) is 13.8 Å². The van der Waals surface area contributed by atoms with Crippen molar-refractivity contribution in [2.75, 3.05) is 36.9 Å². The lowest BCUT2D eigenvalue weighted by Crippen LogP contribution is -2.49. The predicted octanol–water partition coefficient (Wildman–Crippen LogP) is 4.62. The lowest BCUT2D eigenvalue weighted by atomic mass is 10.0. The molecule has 4 aromatic rings. The second kappa shape index (κ2) is 8.51. The summed E-state index contributed by atoms with van der Waals surface area (Å²) in [6, 6.07) is 4.69. The van der Waals surface area contributed by atoms with Crippen molar-refractivity contribution in [2.24, 2.45) is 0 Å². The number of nitrogen functional groups attached to an aromatic ring is 1. The van der Waals surface area contributed by atoms with Crippen LogP contribution in [0.4, 0.5) is 19.7 Å². The molecule has 2 aromatic heterocycles. The number of halogens is 3. The Morgan fingerprint density at radius 1 is 1.27 bits per heavy atom. The molecule has 7 nitrogen and oxygen atoms in total. The van der Waals surface area contributed by atoms with Gasteiger partial charge in [-0.25, -0.2) is 13.8 Å². The number of piperazine rings is 1. The van der Waals surface area contributed by atoms with E-state index in [0.29, 0.717) is 36.5 Å². The van der Waals surface area contributed by atoms with E-state index in [0.717, 1.165) is 17.9 Å². The zero-order valence-corrected chi connectivity index (χ0v) is 19.5. The standard InChI is InChI=1S/C22H21ClF2N6OS/c1-3-32-22-29-17-12(20(30-22)31-7-6-27-10(2)9-31)8-13(23)15(16(17)25)11-4-5-14(24)19-18(11)28-21(26)33-19/h4-5,8,10,27H,3,6-7,9H2,1-2H3,(H2,26,28)/t10-/m1/s1. The second-order valence-corrected chi connectivity index (χ2v) is 9.27. The summed E-state index contributed by atoms with van der Waals surface area (Å²) in [5.74, 6) is -0.563. The summed E-state index contributed by atoms with van der Waals surface area (Å²) < 4.78 is 36.2. The summed E-state index contributed by atoms with van der Waals surface area (Å²) in [5, 5.41) is 4.20. The van der Waals surface area contributed by atoms with Gasteiger partial charge in [-0.3, -0.25) is 0 Å². The Balaban J connectivity index is 1.77. The molecular formula is C22H21ClF2N6OS. The summed E-state index contributed by atoms with van der Waals surface area (Å²) in [5.41, 5.74) is 6.57. The average Bonchev–Trinajstić information content (AvgIpc) is 3.18. The van der Waals surface area contributed by atoms with Crippen molar-refractivity contribution in [3.63, 3.8) is 0 Å². The topological polar surface area (TPSA) is 89.2 Å². The Morgan fingerprint density at radius 3 is 2.85 bits per heavy atom. The van der Waals surface area contributed by atoms with E-state index < -0.39 is 11.6 Å². The van der Waals surface area contributed by atoms with E-state index in [1.807, 2.05) is 6.92 Å². The largest absolute Gasteiger partial charge is 0.464 e. The van der Waals surface area contributed by atoms with Gasteiger partial charge in [0.2, 0.25) is 0 Å². The lowest BCUT2D eigenvalue weighted by Gasteiger charge is -2.33. The third kappa shape index (κ3) is 3.81. The Hall–Kier alpha value is -2.82. The van der Waals surface area contributed by atoms with E-state index in [1.54, 1.807) is 6.07 Å². The average molecular weight is 491 g/mol. The van der Waals surface area contributed by atoms with Gasteiger partial charge in [-0.05, 0) is 32.0 Å². The van der Waals surface area contributed by atoms with Gasteiger partial charge in [0, 0.05) is 42.2 Å². The molecule has 0 amide bonds. The first kappa shape index (κ1) is 22.0. The molecule has 0 spiro atoms. The van der Waals surface area contributed by atoms with Crippen LogP contribution in [0.2, 0.25) is 5.02 Å². The molecule has 3 heterocycles. The Bertz CT molecular complexity index is 1380. The molecule has 0 bridgehead atoms. The number of fused-ring (bicyclic) bond motifs is 2. The van der Waals surface area contributed by atoms with Gasteiger partial charge < -0.3 is 20.7 Å². The number of rotatable bonds is 4. The van der Waals surface area contributed by atoms with Crippen molar-refractivity contribution in [3.8, 4) is 17.1 Å². The number of hydrogen-bond donors (Lipinski definition) is 2. The summed E-state index contributed by atoms with van der Waals surface area (Å²) in [6.07, 6.45) is 0. The van der Waals surface area contributed by atoms with Crippen LogP contribution in [0.25, 0.3) is 32.2 Å². The molecule has 2 aromatic carbocycles. The fraction of sp³-hybridized carbons (Fsp3) is 0.318. The number of aromatic nitrogens is 3. The third-order valence-corrected chi connectivity index (χ3v) is 6.76. The van der Waals surface area contributed by atoms with Crippen LogP contribution >= 0.6 is 22.9 Å². The second-order valence-electron chi connectivity index (χ2n) is 7.83. The molecule has 1 atom stereocenters. The van der Waals surface area contributed by atoms with Gasteiger partial charge >= 0.3 is 6.01 Å². The van der Waals surface area contributed by atoms with E-state index >= 15 is 4.39 Å². The highest BCUT2D eigenvalue weighted by Crippen LogP contribution is 2.42. The molecular weight excluding hydrogens is 470 g/mol. The lowest BCUT2D eigenvalue weighted by molar-refractivity contribution is 0.313. The minimum absolute atomic E-state index is 0.0784. The molecule has 0 radical (unpaired) electrons. The SMILES string of the molecule is CCOc1nc(N2CCN[C@H](C)C2)c2cc(Cl)c(-c3ccc(F)c4sc(N)nc34)c(F)c2n1.